The van der Waals surface area contributed by atoms with E-state index in [0.717, 1.165) is 16.9 Å². The molecule has 1 amide bonds. The monoisotopic (exact) mass is 397 g/mol. The van der Waals surface area contributed by atoms with Gasteiger partial charge in [-0.2, -0.15) is 5.10 Å². The maximum atomic E-state index is 12.2. The lowest BCUT2D eigenvalue weighted by atomic mass is 10.1. The van der Waals surface area contributed by atoms with Crippen molar-refractivity contribution in [3.8, 4) is 5.69 Å². The molecule has 0 bridgehead atoms. The van der Waals surface area contributed by atoms with E-state index in [1.54, 1.807) is 43.9 Å². The number of likely N-dealkylation sites (N-methyl/N-ethyl adjacent to an activating group) is 1. The van der Waals surface area contributed by atoms with Crippen molar-refractivity contribution in [1.29, 1.82) is 0 Å². The number of aryl methyl sites for hydroxylation is 1. The first kappa shape index (κ1) is 20.3. The number of halogens is 2. The molecule has 1 aromatic heterocycles. The lowest BCUT2D eigenvalue weighted by Gasteiger charge is -2.17. The van der Waals surface area contributed by atoms with Crippen molar-refractivity contribution in [3.05, 3.63) is 45.2 Å². The maximum Gasteiger partial charge on any atom is 0.311 e. The number of carbonyl (C=O) groups is 2. The molecule has 1 atom stereocenters. The van der Waals surface area contributed by atoms with E-state index in [1.165, 1.54) is 4.90 Å². The lowest BCUT2D eigenvalue weighted by Crippen LogP contribution is -2.35. The van der Waals surface area contributed by atoms with Crippen LogP contribution in [0.3, 0.4) is 0 Å². The molecule has 0 saturated carbocycles. The van der Waals surface area contributed by atoms with Gasteiger partial charge in [0.25, 0.3) is 5.91 Å². The number of rotatable bonds is 5. The number of carbonyl (C=O) groups excluding carboxylic acids is 2. The molecule has 6 nitrogen and oxygen atoms in total. The second-order valence-corrected chi connectivity index (χ2v) is 7.02. The molecule has 0 fully saturated rings. The smallest absolute Gasteiger partial charge is 0.311 e. The van der Waals surface area contributed by atoms with E-state index in [2.05, 4.69) is 5.10 Å². The van der Waals surface area contributed by atoms with Gasteiger partial charge in [-0.15, -0.1) is 0 Å². The van der Waals surface area contributed by atoms with E-state index in [0.29, 0.717) is 15.7 Å². The molecule has 2 aromatic rings. The fraction of sp³-hybridized carbons (Fsp3) is 0.389. The number of aromatic nitrogens is 2. The third-order valence-electron chi connectivity index (χ3n) is 4.01. The van der Waals surface area contributed by atoms with Crippen LogP contribution in [-0.4, -0.2) is 46.8 Å². The van der Waals surface area contributed by atoms with Crippen molar-refractivity contribution in [2.45, 2.75) is 33.3 Å². The van der Waals surface area contributed by atoms with Gasteiger partial charge >= 0.3 is 5.97 Å². The Morgan fingerprint density at radius 2 is 1.88 bits per heavy atom. The first-order valence-corrected chi connectivity index (χ1v) is 8.78. The Morgan fingerprint density at radius 1 is 1.23 bits per heavy atom. The van der Waals surface area contributed by atoms with Gasteiger partial charge in [0.2, 0.25) is 0 Å². The molecule has 0 spiro atoms. The Hall–Kier alpha value is -2.05. The number of hydrogen-bond acceptors (Lipinski definition) is 4. The fourth-order valence-corrected chi connectivity index (χ4v) is 2.89. The Labute approximate surface area is 162 Å². The molecule has 0 saturated heterocycles. The summed E-state index contributed by atoms with van der Waals surface area (Å²) in [7, 11) is 3.23. The third kappa shape index (κ3) is 4.37. The van der Waals surface area contributed by atoms with E-state index < -0.39 is 12.1 Å². The largest absolute Gasteiger partial charge is 0.452 e. The first-order valence-electron chi connectivity index (χ1n) is 8.03. The SMILES string of the molecule is Cc1nn(-c2ccc(Cl)c(Cl)c2)c(C)c1CC(=O)OC(C)C(=O)N(C)C. The molecule has 1 heterocycles. The van der Waals surface area contributed by atoms with Crippen LogP contribution in [0.5, 0.6) is 0 Å². The average Bonchev–Trinajstić information content (AvgIpc) is 2.84. The van der Waals surface area contributed by atoms with Crippen molar-refractivity contribution < 1.29 is 14.3 Å². The predicted octanol–water partition coefficient (Wildman–Crippen LogP) is 3.36. The highest BCUT2D eigenvalue weighted by atomic mass is 35.5. The van der Waals surface area contributed by atoms with Gasteiger partial charge in [-0.05, 0) is 39.0 Å². The van der Waals surface area contributed by atoms with Crippen LogP contribution in [0, 0.1) is 13.8 Å². The molecular formula is C18H21Cl2N3O3. The highest BCUT2D eigenvalue weighted by Gasteiger charge is 2.22. The second-order valence-electron chi connectivity index (χ2n) is 6.20. The van der Waals surface area contributed by atoms with Gasteiger partial charge in [0.05, 0.1) is 27.8 Å². The van der Waals surface area contributed by atoms with Crippen LogP contribution in [0.1, 0.15) is 23.9 Å². The van der Waals surface area contributed by atoms with Gasteiger partial charge in [0.1, 0.15) is 0 Å². The third-order valence-corrected chi connectivity index (χ3v) is 4.75. The van der Waals surface area contributed by atoms with Gasteiger partial charge in [-0.1, -0.05) is 23.2 Å². The zero-order chi connectivity index (χ0) is 19.6. The van der Waals surface area contributed by atoms with E-state index in [-0.39, 0.29) is 12.3 Å². The van der Waals surface area contributed by atoms with Crippen LogP contribution in [0.25, 0.3) is 5.69 Å². The molecule has 140 valence electrons. The van der Waals surface area contributed by atoms with Crippen molar-refractivity contribution in [3.63, 3.8) is 0 Å². The summed E-state index contributed by atoms with van der Waals surface area (Å²) in [5, 5.41) is 5.36. The van der Waals surface area contributed by atoms with Crippen LogP contribution in [-0.2, 0) is 20.7 Å². The summed E-state index contributed by atoms with van der Waals surface area (Å²) >= 11 is 12.0. The number of ether oxygens (including phenoxy) is 1. The predicted molar refractivity (Wildman–Crippen MR) is 101 cm³/mol. The van der Waals surface area contributed by atoms with Gasteiger partial charge in [-0.25, -0.2) is 4.68 Å². The molecule has 0 aliphatic rings. The maximum absolute atomic E-state index is 12.2. The molecule has 0 radical (unpaired) electrons. The molecule has 0 aliphatic carbocycles. The molecule has 1 unspecified atom stereocenters. The number of benzene rings is 1. The van der Waals surface area contributed by atoms with E-state index in [1.807, 2.05) is 13.8 Å². The second kappa shape index (κ2) is 8.10. The molecule has 2 rings (SSSR count). The Kier molecular flexibility index (Phi) is 6.31. The summed E-state index contributed by atoms with van der Waals surface area (Å²) in [6, 6.07) is 5.20. The normalized spacial score (nSPS) is 12.0. The molecular weight excluding hydrogens is 377 g/mol. The van der Waals surface area contributed by atoms with Crippen molar-refractivity contribution >= 4 is 35.1 Å². The zero-order valence-corrected chi connectivity index (χ0v) is 16.9. The van der Waals surface area contributed by atoms with Crippen LogP contribution in [0.4, 0.5) is 0 Å². The van der Waals surface area contributed by atoms with Gasteiger partial charge in [0, 0.05) is 25.4 Å². The number of esters is 1. The number of amides is 1. The van der Waals surface area contributed by atoms with Crippen molar-refractivity contribution in [1.82, 2.24) is 14.7 Å². The zero-order valence-electron chi connectivity index (χ0n) is 15.3. The lowest BCUT2D eigenvalue weighted by molar-refractivity contribution is -0.157. The van der Waals surface area contributed by atoms with Crippen LogP contribution in [0.15, 0.2) is 18.2 Å². The summed E-state index contributed by atoms with van der Waals surface area (Å²) in [4.78, 5) is 25.4. The summed E-state index contributed by atoms with van der Waals surface area (Å²) < 4.78 is 6.93. The van der Waals surface area contributed by atoms with Crippen molar-refractivity contribution in [2.24, 2.45) is 0 Å². The minimum atomic E-state index is -0.830. The van der Waals surface area contributed by atoms with Gasteiger partial charge < -0.3 is 9.64 Å². The average molecular weight is 398 g/mol. The molecule has 0 aliphatic heterocycles. The summed E-state index contributed by atoms with van der Waals surface area (Å²) in [5.41, 5.74) is 3.00. The number of hydrogen-bond donors (Lipinski definition) is 0. The highest BCUT2D eigenvalue weighted by Crippen LogP contribution is 2.26. The van der Waals surface area contributed by atoms with Crippen LogP contribution >= 0.6 is 23.2 Å². The topological polar surface area (TPSA) is 64.4 Å². The summed E-state index contributed by atoms with van der Waals surface area (Å²) in [5.74, 6) is -0.745. The summed E-state index contributed by atoms with van der Waals surface area (Å²) in [6.07, 6.45) is -0.799. The van der Waals surface area contributed by atoms with Crippen LogP contribution in [0.2, 0.25) is 10.0 Å². The van der Waals surface area contributed by atoms with Gasteiger partial charge in [-0.3, -0.25) is 9.59 Å². The van der Waals surface area contributed by atoms with E-state index in [4.69, 9.17) is 27.9 Å². The van der Waals surface area contributed by atoms with Crippen molar-refractivity contribution in [2.75, 3.05) is 14.1 Å². The Balaban J connectivity index is 2.21. The Morgan fingerprint density at radius 3 is 2.46 bits per heavy atom. The standard InChI is InChI=1S/C18H21Cl2N3O3/c1-10-14(9-17(24)26-12(3)18(25)22(4)5)11(2)23(21-10)13-6-7-15(19)16(20)8-13/h6-8,12H,9H2,1-5H3. The first-order chi connectivity index (χ1) is 12.1. The highest BCUT2D eigenvalue weighted by molar-refractivity contribution is 6.42. The molecule has 26 heavy (non-hydrogen) atoms. The molecule has 1 aromatic carbocycles. The Bertz CT molecular complexity index is 846. The molecule has 0 N–H and O–H groups in total. The quantitative estimate of drug-likeness (QED) is 0.725. The minimum absolute atomic E-state index is 0.0318. The van der Waals surface area contributed by atoms with E-state index in [9.17, 15) is 9.59 Å². The number of nitrogens with zero attached hydrogens (tertiary/aromatic N) is 3. The molecule has 8 heteroatoms. The van der Waals surface area contributed by atoms with Gasteiger partial charge in [0.15, 0.2) is 6.10 Å². The van der Waals surface area contributed by atoms with Crippen LogP contribution < -0.4 is 0 Å². The minimum Gasteiger partial charge on any atom is -0.452 e. The summed E-state index contributed by atoms with van der Waals surface area (Å²) in [6.45, 7) is 5.23. The van der Waals surface area contributed by atoms with E-state index >= 15 is 0 Å². The fourth-order valence-electron chi connectivity index (χ4n) is 2.60.